The van der Waals surface area contributed by atoms with Gasteiger partial charge in [-0.05, 0) is 80.9 Å². The molecule has 1 heterocycles. The van der Waals surface area contributed by atoms with Crippen molar-refractivity contribution in [3.05, 3.63) is 71.8 Å². The van der Waals surface area contributed by atoms with Gasteiger partial charge in [-0.1, -0.05) is 88.4 Å². The number of hydrogen-bond acceptors (Lipinski definition) is 8. The third kappa shape index (κ3) is 14.7. The number of carbonyl (C=O) groups excluding carboxylic acids is 5. The van der Waals surface area contributed by atoms with Crippen LogP contribution in [0.4, 0.5) is 0 Å². The topological polar surface area (TPSA) is 226 Å². The first-order valence-electron chi connectivity index (χ1n) is 19.5. The summed E-state index contributed by atoms with van der Waals surface area (Å²) in [6, 6.07) is 12.3. The molecule has 0 bridgehead atoms. The number of nitrogens with two attached hydrogens (primary N) is 2. The highest BCUT2D eigenvalue weighted by Gasteiger charge is 2.40. The Kier molecular flexibility index (Phi) is 18.3. The van der Waals surface area contributed by atoms with Gasteiger partial charge in [-0.25, -0.2) is 4.79 Å². The highest BCUT2D eigenvalue weighted by Crippen LogP contribution is 2.21. The van der Waals surface area contributed by atoms with E-state index in [1.54, 1.807) is 24.3 Å². The molecule has 2 aromatic rings. The van der Waals surface area contributed by atoms with Crippen molar-refractivity contribution in [1.82, 2.24) is 26.2 Å². The van der Waals surface area contributed by atoms with Crippen molar-refractivity contribution >= 4 is 35.5 Å². The van der Waals surface area contributed by atoms with Gasteiger partial charge in [0, 0.05) is 13.0 Å². The van der Waals surface area contributed by atoms with E-state index in [0.29, 0.717) is 45.1 Å². The van der Waals surface area contributed by atoms with Crippen molar-refractivity contribution in [3.8, 4) is 0 Å². The third-order valence-electron chi connectivity index (χ3n) is 9.61. The summed E-state index contributed by atoms with van der Waals surface area (Å²) in [5.41, 5.74) is 13.4. The van der Waals surface area contributed by atoms with Crippen LogP contribution >= 0.6 is 0 Å². The Morgan fingerprint density at radius 1 is 0.709 bits per heavy atom. The fourth-order valence-corrected chi connectivity index (χ4v) is 6.76. The van der Waals surface area contributed by atoms with Gasteiger partial charge in [0.1, 0.15) is 30.2 Å². The van der Waals surface area contributed by atoms with Crippen LogP contribution in [-0.4, -0.2) is 94.9 Å². The van der Waals surface area contributed by atoms with Crippen LogP contribution in [0.5, 0.6) is 0 Å². The average Bonchev–Trinajstić information content (AvgIpc) is 3.64. The minimum absolute atomic E-state index is 0.00690. The van der Waals surface area contributed by atoms with Crippen LogP contribution in [0.25, 0.3) is 0 Å². The number of hydrogen-bond donors (Lipinski definition) is 7. The van der Waals surface area contributed by atoms with Crippen LogP contribution in [0, 0.1) is 11.8 Å². The van der Waals surface area contributed by atoms with Crippen LogP contribution in [-0.2, 0) is 41.6 Å². The maximum absolute atomic E-state index is 14.2. The second-order valence-corrected chi connectivity index (χ2v) is 15.3. The smallest absolute Gasteiger partial charge is 0.326 e. The molecule has 14 nitrogen and oxygen atoms in total. The zero-order valence-electron chi connectivity index (χ0n) is 32.7. The number of nitrogens with one attached hydrogen (secondary N) is 4. The second kappa shape index (κ2) is 22.5. The van der Waals surface area contributed by atoms with E-state index in [-0.39, 0.29) is 37.6 Å². The highest BCUT2D eigenvalue weighted by atomic mass is 16.4. The number of likely N-dealkylation sites (tertiary alicyclic amines) is 1. The van der Waals surface area contributed by atoms with Gasteiger partial charge in [-0.15, -0.1) is 0 Å². The Labute approximate surface area is 324 Å². The monoisotopic (exact) mass is 763 g/mol. The minimum Gasteiger partial charge on any atom is -0.480 e. The zero-order valence-corrected chi connectivity index (χ0v) is 32.7. The number of unbranched alkanes of at least 4 members (excludes halogenated alkanes) is 1. The number of carbonyl (C=O) groups is 6. The van der Waals surface area contributed by atoms with Crippen molar-refractivity contribution in [1.29, 1.82) is 0 Å². The van der Waals surface area contributed by atoms with Gasteiger partial charge < -0.3 is 42.7 Å². The van der Waals surface area contributed by atoms with Crippen LogP contribution in [0.1, 0.15) is 83.8 Å². The fourth-order valence-electron chi connectivity index (χ4n) is 6.76. The molecule has 1 aliphatic heterocycles. The summed E-state index contributed by atoms with van der Waals surface area (Å²) in [4.78, 5) is 82.2. The maximum atomic E-state index is 14.2. The SMILES string of the molecule is CC(C)C[C@H](NC(=O)[C@@H](N)Cc1ccccc1)C(=O)N[C@@H](CC(C)C)C(=O)N1CCC[C@H]1C(=O)N[C@@H](Cc1ccccc1)C(=O)N[C@@H](CCCCN)C(=O)O. The van der Waals surface area contributed by atoms with E-state index in [1.165, 1.54) is 4.90 Å². The van der Waals surface area contributed by atoms with Gasteiger partial charge in [-0.3, -0.25) is 24.0 Å². The molecule has 2 aromatic carbocycles. The molecule has 0 saturated carbocycles. The van der Waals surface area contributed by atoms with E-state index in [0.717, 1.165) is 11.1 Å². The summed E-state index contributed by atoms with van der Waals surface area (Å²) in [5.74, 6) is -3.81. The number of aliphatic carboxylic acids is 1. The van der Waals surface area contributed by atoms with E-state index in [9.17, 15) is 33.9 Å². The predicted molar refractivity (Wildman–Crippen MR) is 210 cm³/mol. The van der Waals surface area contributed by atoms with Gasteiger partial charge >= 0.3 is 5.97 Å². The van der Waals surface area contributed by atoms with E-state index in [1.807, 2.05) is 64.1 Å². The minimum atomic E-state index is -1.19. The third-order valence-corrected chi connectivity index (χ3v) is 9.61. The summed E-state index contributed by atoms with van der Waals surface area (Å²) >= 11 is 0. The van der Waals surface area contributed by atoms with E-state index in [2.05, 4.69) is 21.3 Å². The molecule has 1 fully saturated rings. The first-order valence-corrected chi connectivity index (χ1v) is 19.5. The molecule has 0 spiro atoms. The molecule has 302 valence electrons. The molecule has 14 heteroatoms. The van der Waals surface area contributed by atoms with Crippen molar-refractivity contribution in [2.75, 3.05) is 13.1 Å². The number of benzene rings is 2. The fraction of sp³-hybridized carbons (Fsp3) is 0.561. The molecule has 6 atom stereocenters. The molecule has 0 radical (unpaired) electrons. The predicted octanol–water partition coefficient (Wildman–Crippen LogP) is 2.04. The number of amides is 5. The lowest BCUT2D eigenvalue weighted by Crippen LogP contribution is -2.59. The number of rotatable bonds is 22. The van der Waals surface area contributed by atoms with E-state index in [4.69, 9.17) is 11.5 Å². The van der Waals surface area contributed by atoms with Gasteiger partial charge in [0.05, 0.1) is 6.04 Å². The molecule has 0 aromatic heterocycles. The van der Waals surface area contributed by atoms with Crippen molar-refractivity contribution < 1.29 is 33.9 Å². The van der Waals surface area contributed by atoms with Gasteiger partial charge in [0.25, 0.3) is 0 Å². The quantitative estimate of drug-likeness (QED) is 0.0870. The zero-order chi connectivity index (χ0) is 40.5. The van der Waals surface area contributed by atoms with Crippen LogP contribution in [0.2, 0.25) is 0 Å². The van der Waals surface area contributed by atoms with Gasteiger partial charge in [0.15, 0.2) is 0 Å². The van der Waals surface area contributed by atoms with Crippen molar-refractivity contribution in [2.45, 2.75) is 122 Å². The molecule has 0 aliphatic carbocycles. The summed E-state index contributed by atoms with van der Waals surface area (Å²) in [7, 11) is 0. The second-order valence-electron chi connectivity index (χ2n) is 15.3. The number of carboxylic acid groups (broad SMARTS) is 1. The van der Waals surface area contributed by atoms with Crippen LogP contribution < -0.4 is 32.7 Å². The molecule has 1 saturated heterocycles. The maximum Gasteiger partial charge on any atom is 0.326 e. The summed E-state index contributed by atoms with van der Waals surface area (Å²) in [6.07, 6.45) is 3.12. The van der Waals surface area contributed by atoms with Crippen molar-refractivity contribution in [2.24, 2.45) is 23.3 Å². The molecule has 3 rings (SSSR count). The largest absolute Gasteiger partial charge is 0.480 e. The summed E-state index contributed by atoms with van der Waals surface area (Å²) in [5, 5.41) is 20.9. The van der Waals surface area contributed by atoms with Gasteiger partial charge in [0.2, 0.25) is 29.5 Å². The standard InChI is InChI=1S/C41H61N7O7/c1-26(2)22-32(45-36(49)30(43)24-28-14-7-5-8-15-28)37(50)47-34(23-27(3)4)40(53)48-21-13-19-35(48)39(52)46-33(25-29-16-9-6-10-17-29)38(51)44-31(41(54)55)18-11-12-20-42/h5-10,14-17,26-27,30-35H,11-13,18-25,42-43H2,1-4H3,(H,44,51)(H,45,49)(H,46,52)(H,47,50)(H,54,55)/t30-,31-,32-,33-,34-,35-/m0/s1. The van der Waals surface area contributed by atoms with Crippen LogP contribution in [0.15, 0.2) is 60.7 Å². The average molecular weight is 764 g/mol. The Bertz CT molecular complexity index is 1560. The van der Waals surface area contributed by atoms with Gasteiger partial charge in [-0.2, -0.15) is 0 Å². The first-order chi connectivity index (χ1) is 26.2. The lowest BCUT2D eigenvalue weighted by atomic mass is 9.99. The molecular weight excluding hydrogens is 702 g/mol. The highest BCUT2D eigenvalue weighted by molar-refractivity contribution is 5.96. The summed E-state index contributed by atoms with van der Waals surface area (Å²) < 4.78 is 0. The van der Waals surface area contributed by atoms with E-state index >= 15 is 0 Å². The number of nitrogens with zero attached hydrogens (tertiary/aromatic N) is 1. The molecular formula is C41H61N7O7. The molecule has 55 heavy (non-hydrogen) atoms. The Morgan fingerprint density at radius 3 is 1.80 bits per heavy atom. The Hall–Kier alpha value is -4.82. The normalized spacial score (nSPS) is 16.8. The molecule has 1 aliphatic rings. The first kappa shape index (κ1) is 44.6. The lowest BCUT2D eigenvalue weighted by molar-refractivity contribution is -0.144. The molecule has 5 amide bonds. The lowest BCUT2D eigenvalue weighted by Gasteiger charge is -2.31. The Morgan fingerprint density at radius 2 is 1.24 bits per heavy atom. The van der Waals surface area contributed by atoms with Crippen LogP contribution in [0.3, 0.4) is 0 Å². The number of carboxylic acids is 1. The Balaban J connectivity index is 1.77. The van der Waals surface area contributed by atoms with E-state index < -0.39 is 71.8 Å². The molecule has 9 N–H and O–H groups in total. The van der Waals surface area contributed by atoms with Crippen molar-refractivity contribution in [3.63, 3.8) is 0 Å². The molecule has 0 unspecified atom stereocenters. The summed E-state index contributed by atoms with van der Waals surface area (Å²) in [6.45, 7) is 8.35.